The zero-order valence-corrected chi connectivity index (χ0v) is 8.78. The highest BCUT2D eigenvalue weighted by Crippen LogP contribution is 2.31. The van der Waals surface area contributed by atoms with Crippen molar-refractivity contribution in [3.05, 3.63) is 53.4 Å². The summed E-state index contributed by atoms with van der Waals surface area (Å²) in [5.41, 5.74) is 0.981. The van der Waals surface area contributed by atoms with Gasteiger partial charge in [-0.2, -0.15) is 0 Å². The van der Waals surface area contributed by atoms with Crippen molar-refractivity contribution in [3.63, 3.8) is 0 Å². The molecule has 0 spiro atoms. The van der Waals surface area contributed by atoms with Gasteiger partial charge in [-0.1, -0.05) is 41.4 Å². The van der Waals surface area contributed by atoms with Crippen LogP contribution in [0.3, 0.4) is 0 Å². The lowest BCUT2D eigenvalue weighted by Gasteiger charge is -2.11. The molecular formula is C11H11Cl2. The molecule has 1 atom stereocenters. The van der Waals surface area contributed by atoms with Gasteiger partial charge >= 0.3 is 0 Å². The van der Waals surface area contributed by atoms with Crippen molar-refractivity contribution < 1.29 is 0 Å². The van der Waals surface area contributed by atoms with E-state index in [1.807, 2.05) is 18.2 Å². The summed E-state index contributed by atoms with van der Waals surface area (Å²) in [7, 11) is 0. The Labute approximate surface area is 89.2 Å². The van der Waals surface area contributed by atoms with Crippen molar-refractivity contribution in [2.24, 2.45) is 0 Å². The van der Waals surface area contributed by atoms with Crippen LogP contribution in [0, 0.1) is 6.92 Å². The Balaban J connectivity index is 3.00. The highest BCUT2D eigenvalue weighted by molar-refractivity contribution is 6.42. The quantitative estimate of drug-likeness (QED) is 0.650. The summed E-state index contributed by atoms with van der Waals surface area (Å²) in [5.74, 6) is 0.128. The molecule has 69 valence electrons. The molecule has 1 rings (SSSR count). The smallest absolute Gasteiger partial charge is 0.0627 e. The third-order valence-corrected chi connectivity index (χ3v) is 2.71. The van der Waals surface area contributed by atoms with Gasteiger partial charge in [0.1, 0.15) is 0 Å². The summed E-state index contributed by atoms with van der Waals surface area (Å²) < 4.78 is 0. The largest absolute Gasteiger partial charge is 0.103 e. The molecule has 0 N–H and O–H groups in total. The summed E-state index contributed by atoms with van der Waals surface area (Å²) in [6, 6.07) is 5.59. The summed E-state index contributed by atoms with van der Waals surface area (Å²) in [4.78, 5) is 0. The zero-order valence-electron chi connectivity index (χ0n) is 7.26. The first-order chi connectivity index (χ1) is 6.16. The van der Waals surface area contributed by atoms with Gasteiger partial charge in [0, 0.05) is 0 Å². The van der Waals surface area contributed by atoms with Crippen LogP contribution >= 0.6 is 23.2 Å². The molecule has 1 radical (unpaired) electrons. The Hall–Kier alpha value is -0.460. The monoisotopic (exact) mass is 213 g/mol. The molecular weight excluding hydrogens is 203 g/mol. The van der Waals surface area contributed by atoms with Crippen LogP contribution in [0.2, 0.25) is 10.0 Å². The van der Waals surface area contributed by atoms with E-state index >= 15 is 0 Å². The molecule has 13 heavy (non-hydrogen) atoms. The Kier molecular flexibility index (Phi) is 3.83. The highest BCUT2D eigenvalue weighted by atomic mass is 35.5. The second-order valence-electron chi connectivity index (χ2n) is 2.86. The number of rotatable bonds is 3. The van der Waals surface area contributed by atoms with Gasteiger partial charge in [-0.3, -0.25) is 0 Å². The summed E-state index contributed by atoms with van der Waals surface area (Å²) in [6.07, 6.45) is 2.63. The van der Waals surface area contributed by atoms with E-state index in [1.165, 1.54) is 0 Å². The van der Waals surface area contributed by atoms with E-state index in [0.29, 0.717) is 10.0 Å². The molecule has 1 aromatic carbocycles. The molecule has 0 nitrogen and oxygen atoms in total. The van der Waals surface area contributed by atoms with Crippen LogP contribution in [-0.4, -0.2) is 0 Å². The molecule has 1 unspecified atom stereocenters. The molecule has 0 heterocycles. The third-order valence-electron chi connectivity index (χ3n) is 1.87. The van der Waals surface area contributed by atoms with E-state index < -0.39 is 0 Å². The Morgan fingerprint density at radius 1 is 1.38 bits per heavy atom. The zero-order chi connectivity index (χ0) is 9.84. The Morgan fingerprint density at radius 3 is 2.69 bits per heavy atom. The van der Waals surface area contributed by atoms with E-state index in [4.69, 9.17) is 23.2 Å². The molecule has 1 aromatic rings. The molecule has 0 amide bonds. The average molecular weight is 214 g/mol. The standard InChI is InChI=1S/C11H11Cl2/c1-3-5-8(2)9-6-4-7-10(12)11(9)13/h3-4,6-8H,1-2,5H2. The fourth-order valence-corrected chi connectivity index (χ4v) is 1.63. The summed E-state index contributed by atoms with van der Waals surface area (Å²) >= 11 is 11.9. The maximum absolute atomic E-state index is 6.02. The molecule has 0 aromatic heterocycles. The average Bonchev–Trinajstić information content (AvgIpc) is 2.10. The van der Waals surface area contributed by atoms with Crippen molar-refractivity contribution in [2.75, 3.05) is 0 Å². The van der Waals surface area contributed by atoms with Gasteiger partial charge in [-0.25, -0.2) is 0 Å². The molecule has 0 aliphatic heterocycles. The summed E-state index contributed by atoms with van der Waals surface area (Å²) in [6.45, 7) is 7.65. The number of halogens is 2. The number of hydrogen-bond acceptors (Lipinski definition) is 0. The lowest BCUT2D eigenvalue weighted by molar-refractivity contribution is 0.862. The van der Waals surface area contributed by atoms with Gasteiger partial charge in [-0.15, -0.1) is 6.58 Å². The lowest BCUT2D eigenvalue weighted by atomic mass is 9.98. The maximum Gasteiger partial charge on any atom is 0.0627 e. The molecule has 0 fully saturated rings. The van der Waals surface area contributed by atoms with Crippen molar-refractivity contribution in [3.8, 4) is 0 Å². The van der Waals surface area contributed by atoms with Crippen LogP contribution in [-0.2, 0) is 0 Å². The van der Waals surface area contributed by atoms with Gasteiger partial charge in [0.25, 0.3) is 0 Å². The van der Waals surface area contributed by atoms with Crippen molar-refractivity contribution >= 4 is 23.2 Å². The second kappa shape index (κ2) is 4.69. The number of hydrogen-bond donors (Lipinski definition) is 0. The predicted octanol–water partition coefficient (Wildman–Crippen LogP) is 4.49. The van der Waals surface area contributed by atoms with Gasteiger partial charge in [-0.05, 0) is 30.9 Å². The van der Waals surface area contributed by atoms with E-state index in [-0.39, 0.29) is 5.92 Å². The van der Waals surface area contributed by atoms with E-state index in [0.717, 1.165) is 12.0 Å². The fraction of sp³-hybridized carbons (Fsp3) is 0.182. The lowest BCUT2D eigenvalue weighted by Crippen LogP contribution is -1.93. The molecule has 0 bridgehead atoms. The van der Waals surface area contributed by atoms with Gasteiger partial charge in [0.2, 0.25) is 0 Å². The topological polar surface area (TPSA) is 0 Å². The van der Waals surface area contributed by atoms with Crippen LogP contribution in [0.1, 0.15) is 17.9 Å². The van der Waals surface area contributed by atoms with E-state index in [1.54, 1.807) is 6.07 Å². The summed E-state index contributed by atoms with van der Waals surface area (Å²) in [5, 5.41) is 1.18. The maximum atomic E-state index is 6.02. The molecule has 2 heteroatoms. The first-order valence-electron chi connectivity index (χ1n) is 4.04. The Bertz CT molecular complexity index is 305. The predicted molar refractivity (Wildman–Crippen MR) is 59.4 cm³/mol. The molecule has 0 saturated heterocycles. The number of benzene rings is 1. The van der Waals surface area contributed by atoms with Gasteiger partial charge in [0.05, 0.1) is 10.0 Å². The molecule has 0 saturated carbocycles. The second-order valence-corrected chi connectivity index (χ2v) is 3.65. The minimum Gasteiger partial charge on any atom is -0.103 e. The number of allylic oxidation sites excluding steroid dienone is 1. The van der Waals surface area contributed by atoms with Gasteiger partial charge < -0.3 is 0 Å². The minimum absolute atomic E-state index is 0.128. The van der Waals surface area contributed by atoms with Crippen LogP contribution < -0.4 is 0 Å². The fourth-order valence-electron chi connectivity index (χ4n) is 1.16. The molecule has 0 aliphatic rings. The van der Waals surface area contributed by atoms with Crippen molar-refractivity contribution in [1.82, 2.24) is 0 Å². The van der Waals surface area contributed by atoms with E-state index in [9.17, 15) is 0 Å². The van der Waals surface area contributed by atoms with Crippen molar-refractivity contribution in [1.29, 1.82) is 0 Å². The van der Waals surface area contributed by atoms with Crippen LogP contribution in [0.5, 0.6) is 0 Å². The Morgan fingerprint density at radius 2 is 2.08 bits per heavy atom. The first-order valence-corrected chi connectivity index (χ1v) is 4.80. The van der Waals surface area contributed by atoms with Crippen molar-refractivity contribution in [2.45, 2.75) is 12.3 Å². The minimum atomic E-state index is 0.128. The van der Waals surface area contributed by atoms with Crippen LogP contribution in [0.25, 0.3) is 0 Å². The van der Waals surface area contributed by atoms with Gasteiger partial charge in [0.15, 0.2) is 0 Å². The van der Waals surface area contributed by atoms with E-state index in [2.05, 4.69) is 13.5 Å². The highest BCUT2D eigenvalue weighted by Gasteiger charge is 2.09. The van der Waals surface area contributed by atoms with Crippen LogP contribution in [0.15, 0.2) is 30.9 Å². The molecule has 0 aliphatic carbocycles. The first kappa shape index (κ1) is 10.6. The SMILES string of the molecule is [CH2]C(CC=C)c1cccc(Cl)c1Cl. The van der Waals surface area contributed by atoms with Crippen LogP contribution in [0.4, 0.5) is 0 Å². The third kappa shape index (κ3) is 2.49. The normalized spacial score (nSPS) is 12.5.